The van der Waals surface area contributed by atoms with Gasteiger partial charge in [-0.25, -0.2) is 4.98 Å². The SMILES string of the molecule is CCc1nc(Br)cc(Oc2ccc(OC)c([N+](=O)[O-])c2)n1. The highest BCUT2D eigenvalue weighted by molar-refractivity contribution is 9.10. The number of hydrogen-bond donors (Lipinski definition) is 0. The molecule has 0 aliphatic carbocycles. The van der Waals surface area contributed by atoms with Crippen molar-refractivity contribution in [3.05, 3.63) is 44.8 Å². The third kappa shape index (κ3) is 3.66. The maximum Gasteiger partial charge on any atom is 0.314 e. The van der Waals surface area contributed by atoms with Crippen molar-refractivity contribution in [1.29, 1.82) is 0 Å². The highest BCUT2D eigenvalue weighted by atomic mass is 79.9. The fourth-order valence-corrected chi connectivity index (χ4v) is 2.05. The van der Waals surface area contributed by atoms with E-state index in [9.17, 15) is 10.1 Å². The van der Waals surface area contributed by atoms with Crippen molar-refractivity contribution >= 4 is 21.6 Å². The molecule has 0 bridgehead atoms. The molecule has 0 N–H and O–H groups in total. The molecule has 8 heteroatoms. The first kappa shape index (κ1) is 15.2. The molecule has 0 saturated heterocycles. The van der Waals surface area contributed by atoms with Crippen LogP contribution < -0.4 is 9.47 Å². The number of ether oxygens (including phenoxy) is 2. The lowest BCUT2D eigenvalue weighted by atomic mass is 10.3. The van der Waals surface area contributed by atoms with Crippen LogP contribution in [0.4, 0.5) is 5.69 Å². The van der Waals surface area contributed by atoms with E-state index in [2.05, 4.69) is 25.9 Å². The topological polar surface area (TPSA) is 87.4 Å². The van der Waals surface area contributed by atoms with Gasteiger partial charge in [-0.2, -0.15) is 4.98 Å². The predicted molar refractivity (Wildman–Crippen MR) is 78.8 cm³/mol. The summed E-state index contributed by atoms with van der Waals surface area (Å²) in [5, 5.41) is 11.0. The number of halogens is 1. The number of aryl methyl sites for hydroxylation is 1. The Morgan fingerprint density at radius 3 is 2.71 bits per heavy atom. The average Bonchev–Trinajstić information content (AvgIpc) is 2.46. The second-order valence-electron chi connectivity index (χ2n) is 3.99. The maximum atomic E-state index is 11.0. The van der Waals surface area contributed by atoms with E-state index in [0.717, 1.165) is 0 Å². The number of rotatable bonds is 5. The van der Waals surface area contributed by atoms with Gasteiger partial charge in [0.15, 0.2) is 5.75 Å². The van der Waals surface area contributed by atoms with Gasteiger partial charge < -0.3 is 9.47 Å². The minimum atomic E-state index is -0.529. The van der Waals surface area contributed by atoms with Crippen LogP contribution in [-0.4, -0.2) is 22.0 Å². The van der Waals surface area contributed by atoms with Crippen LogP contribution in [0, 0.1) is 10.1 Å². The monoisotopic (exact) mass is 353 g/mol. The van der Waals surface area contributed by atoms with E-state index < -0.39 is 4.92 Å². The molecule has 0 fully saturated rings. The molecule has 21 heavy (non-hydrogen) atoms. The highest BCUT2D eigenvalue weighted by Gasteiger charge is 2.16. The third-order valence-corrected chi connectivity index (χ3v) is 3.01. The molecule has 1 heterocycles. The Labute approximate surface area is 129 Å². The van der Waals surface area contributed by atoms with Gasteiger partial charge >= 0.3 is 5.69 Å². The molecule has 0 amide bonds. The zero-order valence-corrected chi connectivity index (χ0v) is 13.0. The first-order valence-electron chi connectivity index (χ1n) is 6.07. The van der Waals surface area contributed by atoms with Crippen molar-refractivity contribution in [2.45, 2.75) is 13.3 Å². The van der Waals surface area contributed by atoms with Gasteiger partial charge in [-0.1, -0.05) is 6.92 Å². The Hall–Kier alpha value is -2.22. The molecule has 0 aliphatic rings. The van der Waals surface area contributed by atoms with E-state index >= 15 is 0 Å². The smallest absolute Gasteiger partial charge is 0.314 e. The summed E-state index contributed by atoms with van der Waals surface area (Å²) in [4.78, 5) is 18.8. The zero-order chi connectivity index (χ0) is 15.4. The average molecular weight is 354 g/mol. The van der Waals surface area contributed by atoms with E-state index in [1.807, 2.05) is 6.92 Å². The predicted octanol–water partition coefficient (Wildman–Crippen LogP) is 3.51. The molecule has 1 aromatic heterocycles. The van der Waals surface area contributed by atoms with Gasteiger partial charge in [0.2, 0.25) is 5.88 Å². The van der Waals surface area contributed by atoms with Crippen molar-refractivity contribution in [1.82, 2.24) is 9.97 Å². The lowest BCUT2D eigenvalue weighted by Crippen LogP contribution is -1.98. The highest BCUT2D eigenvalue weighted by Crippen LogP contribution is 2.32. The van der Waals surface area contributed by atoms with Crippen LogP contribution in [0.3, 0.4) is 0 Å². The number of nitrogens with zero attached hydrogens (tertiary/aromatic N) is 3. The van der Waals surface area contributed by atoms with Gasteiger partial charge in [-0.15, -0.1) is 0 Å². The summed E-state index contributed by atoms with van der Waals surface area (Å²) in [6, 6.07) is 5.94. The standard InChI is InChI=1S/C13H12BrN3O4/c1-3-12-15-11(14)7-13(16-12)21-8-4-5-10(20-2)9(6-8)17(18)19/h4-7H,3H2,1-2H3. The number of nitro benzene ring substituents is 1. The number of benzene rings is 1. The van der Waals surface area contributed by atoms with Crippen molar-refractivity contribution in [2.75, 3.05) is 7.11 Å². The molecule has 0 saturated carbocycles. The molecule has 0 unspecified atom stereocenters. The minimum absolute atomic E-state index is 0.168. The van der Waals surface area contributed by atoms with E-state index in [0.29, 0.717) is 28.5 Å². The molecule has 2 aromatic rings. The summed E-state index contributed by atoms with van der Waals surface area (Å²) in [5.74, 6) is 1.40. The summed E-state index contributed by atoms with van der Waals surface area (Å²) < 4.78 is 11.1. The van der Waals surface area contributed by atoms with Crippen molar-refractivity contribution in [2.24, 2.45) is 0 Å². The normalized spacial score (nSPS) is 10.2. The molecular formula is C13H12BrN3O4. The van der Waals surface area contributed by atoms with Crippen LogP contribution in [0.5, 0.6) is 17.4 Å². The lowest BCUT2D eigenvalue weighted by Gasteiger charge is -2.08. The first-order valence-corrected chi connectivity index (χ1v) is 6.86. The molecule has 7 nitrogen and oxygen atoms in total. The van der Waals surface area contributed by atoms with Gasteiger partial charge in [0.1, 0.15) is 16.2 Å². The summed E-state index contributed by atoms with van der Waals surface area (Å²) in [6.45, 7) is 1.92. The summed E-state index contributed by atoms with van der Waals surface area (Å²) in [7, 11) is 1.37. The van der Waals surface area contributed by atoms with Crippen LogP contribution >= 0.6 is 15.9 Å². The number of hydrogen-bond acceptors (Lipinski definition) is 6. The Morgan fingerprint density at radius 2 is 2.10 bits per heavy atom. The van der Waals surface area contributed by atoms with Crippen molar-refractivity contribution in [3.63, 3.8) is 0 Å². The molecule has 0 spiro atoms. The number of aromatic nitrogens is 2. The fraction of sp³-hybridized carbons (Fsp3) is 0.231. The Kier molecular flexibility index (Phi) is 4.69. The second kappa shape index (κ2) is 6.49. The van der Waals surface area contributed by atoms with Crippen LogP contribution in [-0.2, 0) is 6.42 Å². The molecule has 1 aromatic carbocycles. The van der Waals surface area contributed by atoms with Crippen LogP contribution in [0.2, 0.25) is 0 Å². The molecular weight excluding hydrogens is 342 g/mol. The van der Waals surface area contributed by atoms with Crippen LogP contribution in [0.15, 0.2) is 28.9 Å². The van der Waals surface area contributed by atoms with Gasteiger partial charge in [-0.05, 0) is 28.1 Å². The summed E-state index contributed by atoms with van der Waals surface area (Å²) in [6.07, 6.45) is 0.651. The largest absolute Gasteiger partial charge is 0.490 e. The van der Waals surface area contributed by atoms with Crippen molar-refractivity contribution in [3.8, 4) is 17.4 Å². The summed E-state index contributed by atoms with van der Waals surface area (Å²) >= 11 is 3.27. The minimum Gasteiger partial charge on any atom is -0.490 e. The second-order valence-corrected chi connectivity index (χ2v) is 4.80. The third-order valence-electron chi connectivity index (χ3n) is 2.60. The van der Waals surface area contributed by atoms with E-state index in [-0.39, 0.29) is 11.4 Å². The molecule has 0 radical (unpaired) electrons. The number of methoxy groups -OCH3 is 1. The van der Waals surface area contributed by atoms with E-state index in [1.54, 1.807) is 12.1 Å². The van der Waals surface area contributed by atoms with Gasteiger partial charge in [0, 0.05) is 12.5 Å². The Balaban J connectivity index is 2.33. The van der Waals surface area contributed by atoms with E-state index in [4.69, 9.17) is 9.47 Å². The van der Waals surface area contributed by atoms with Crippen LogP contribution in [0.1, 0.15) is 12.7 Å². The quantitative estimate of drug-likeness (QED) is 0.464. The Morgan fingerprint density at radius 1 is 1.33 bits per heavy atom. The first-order chi connectivity index (χ1) is 10.0. The maximum absolute atomic E-state index is 11.0. The molecule has 0 aliphatic heterocycles. The zero-order valence-electron chi connectivity index (χ0n) is 11.4. The van der Waals surface area contributed by atoms with Crippen LogP contribution in [0.25, 0.3) is 0 Å². The van der Waals surface area contributed by atoms with E-state index in [1.165, 1.54) is 19.2 Å². The number of nitro groups is 1. The van der Waals surface area contributed by atoms with Crippen molar-refractivity contribution < 1.29 is 14.4 Å². The lowest BCUT2D eigenvalue weighted by molar-refractivity contribution is -0.385. The summed E-state index contributed by atoms with van der Waals surface area (Å²) in [5.41, 5.74) is -0.168. The molecule has 110 valence electrons. The van der Waals surface area contributed by atoms with Gasteiger partial charge in [0.25, 0.3) is 0 Å². The Bertz CT molecular complexity index is 678. The van der Waals surface area contributed by atoms with Gasteiger partial charge in [-0.3, -0.25) is 10.1 Å². The van der Waals surface area contributed by atoms with Gasteiger partial charge in [0.05, 0.1) is 18.1 Å². The molecule has 2 rings (SSSR count). The fourth-order valence-electron chi connectivity index (χ4n) is 1.65. The molecule has 0 atom stereocenters.